The highest BCUT2D eigenvalue weighted by Gasteiger charge is 2.64. The zero-order chi connectivity index (χ0) is 29.8. The zero-order valence-electron chi connectivity index (χ0n) is 23.2. The van der Waals surface area contributed by atoms with Crippen LogP contribution in [0.2, 0.25) is 0 Å². The van der Waals surface area contributed by atoms with Crippen molar-refractivity contribution < 1.29 is 31.1 Å². The van der Waals surface area contributed by atoms with Crippen LogP contribution in [0.1, 0.15) is 57.3 Å². The number of rotatable bonds is 8. The van der Waals surface area contributed by atoms with Crippen molar-refractivity contribution in [2.45, 2.75) is 63.6 Å². The number of ether oxygens (including phenoxy) is 1. The van der Waals surface area contributed by atoms with Gasteiger partial charge in [-0.3, -0.25) is 4.79 Å². The van der Waals surface area contributed by atoms with E-state index in [9.17, 15) is 26.4 Å². The van der Waals surface area contributed by atoms with Gasteiger partial charge in [-0.1, -0.05) is 32.0 Å². The van der Waals surface area contributed by atoms with E-state index in [1.807, 2.05) is 18.7 Å². The van der Waals surface area contributed by atoms with Crippen LogP contribution >= 0.6 is 0 Å². The molecule has 5 rings (SSSR count). The summed E-state index contributed by atoms with van der Waals surface area (Å²) in [4.78, 5) is 20.1. The number of carbonyl (C=O) groups excluding carboxylic acids is 1. The molecule has 9 nitrogen and oxygen atoms in total. The van der Waals surface area contributed by atoms with Gasteiger partial charge in [0, 0.05) is 24.3 Å². The molecule has 0 spiro atoms. The first kappa shape index (κ1) is 28.9. The molecule has 2 aliphatic rings. The molecule has 220 valence electrons. The van der Waals surface area contributed by atoms with Crippen molar-refractivity contribution >= 4 is 21.7 Å². The molecule has 2 aromatic heterocycles. The Hall–Kier alpha value is -3.61. The van der Waals surface area contributed by atoms with Crippen molar-refractivity contribution in [1.82, 2.24) is 19.5 Å². The maximum absolute atomic E-state index is 13.4. The van der Waals surface area contributed by atoms with Crippen LogP contribution in [0.5, 0.6) is 5.88 Å². The van der Waals surface area contributed by atoms with Gasteiger partial charge in [0.15, 0.2) is 5.82 Å². The first-order valence-electron chi connectivity index (χ1n) is 13.2. The lowest BCUT2D eigenvalue weighted by molar-refractivity contribution is -0.194. The monoisotopic (exact) mass is 591 g/mol. The number of nitrogens with one attached hydrogen (secondary N) is 1. The second-order valence-electron chi connectivity index (χ2n) is 12.2. The Kier molecular flexibility index (Phi) is 6.87. The lowest BCUT2D eigenvalue weighted by Crippen LogP contribution is -2.41. The minimum Gasteiger partial charge on any atom is -0.476 e. The summed E-state index contributed by atoms with van der Waals surface area (Å²) in [7, 11) is -4.14. The van der Waals surface area contributed by atoms with Gasteiger partial charge in [-0.25, -0.2) is 22.8 Å². The molecule has 0 bridgehead atoms. The molecule has 1 aliphatic heterocycles. The molecule has 0 radical (unpaired) electrons. The minimum atomic E-state index is -4.34. The van der Waals surface area contributed by atoms with Crippen LogP contribution in [0.15, 0.2) is 59.6 Å². The summed E-state index contributed by atoms with van der Waals surface area (Å²) in [6, 6.07) is 12.0. The van der Waals surface area contributed by atoms with Gasteiger partial charge in [-0.05, 0) is 62.8 Å². The molecule has 0 unspecified atom stereocenters. The molecule has 1 saturated carbocycles. The number of hydrogen-bond acceptors (Lipinski definition) is 7. The Morgan fingerprint density at radius 1 is 1.05 bits per heavy atom. The first-order valence-corrected chi connectivity index (χ1v) is 14.7. The summed E-state index contributed by atoms with van der Waals surface area (Å²) in [5, 5.41) is 4.25. The molecule has 1 N–H and O–H groups in total. The SMILES string of the molecule is CC1(C)CN(c2nc(-n3ccc(OCC4(C(F)(F)F)CC4)n3)ccc2C(=O)NS(=O)(=O)c2ccccc2)C(C)(C)C1. The fourth-order valence-electron chi connectivity index (χ4n) is 5.50. The van der Waals surface area contributed by atoms with Crippen LogP contribution < -0.4 is 14.4 Å². The first-order chi connectivity index (χ1) is 19.0. The molecule has 2 fully saturated rings. The van der Waals surface area contributed by atoms with E-state index in [0.29, 0.717) is 6.54 Å². The molecule has 1 aliphatic carbocycles. The van der Waals surface area contributed by atoms with Crippen LogP contribution in [-0.2, 0) is 10.0 Å². The van der Waals surface area contributed by atoms with Crippen molar-refractivity contribution in [3.05, 3.63) is 60.3 Å². The number of alkyl halides is 3. The van der Waals surface area contributed by atoms with Crippen molar-refractivity contribution in [1.29, 1.82) is 0 Å². The predicted octanol–water partition coefficient (Wildman–Crippen LogP) is 5.12. The standard InChI is InChI=1S/C28H32F3N5O4S/c1-25(2)16-26(3,4)35(17-25)23-20(24(37)34-41(38,39)19-8-6-5-7-9-19)10-11-21(32-23)36-15-12-22(33-36)40-18-27(13-14-27)28(29,30)31/h5-12,15H,13-14,16-18H2,1-4H3,(H,34,37). The van der Waals surface area contributed by atoms with Crippen LogP contribution in [0, 0.1) is 10.8 Å². The van der Waals surface area contributed by atoms with E-state index in [2.05, 4.69) is 23.7 Å². The van der Waals surface area contributed by atoms with Crippen LogP contribution in [0.3, 0.4) is 0 Å². The number of amides is 1. The maximum Gasteiger partial charge on any atom is 0.397 e. The van der Waals surface area contributed by atoms with E-state index in [1.165, 1.54) is 41.2 Å². The number of hydrogen-bond donors (Lipinski definition) is 1. The summed E-state index contributed by atoms with van der Waals surface area (Å²) < 4.78 is 74.6. The highest BCUT2D eigenvalue weighted by molar-refractivity contribution is 7.90. The van der Waals surface area contributed by atoms with Gasteiger partial charge in [0.05, 0.1) is 10.5 Å². The second-order valence-corrected chi connectivity index (χ2v) is 13.9. The van der Waals surface area contributed by atoms with E-state index >= 15 is 0 Å². The highest BCUT2D eigenvalue weighted by atomic mass is 32.2. The summed E-state index contributed by atoms with van der Waals surface area (Å²) in [6.07, 6.45) is -2.00. The number of halogens is 3. The Morgan fingerprint density at radius 2 is 1.73 bits per heavy atom. The van der Waals surface area contributed by atoms with Crippen molar-refractivity contribution in [3.63, 3.8) is 0 Å². The number of nitrogens with zero attached hydrogens (tertiary/aromatic N) is 4. The Labute approximate surface area is 236 Å². The summed E-state index contributed by atoms with van der Waals surface area (Å²) in [6.45, 7) is 8.28. The number of benzene rings is 1. The van der Waals surface area contributed by atoms with Crippen molar-refractivity contribution in [2.24, 2.45) is 10.8 Å². The second kappa shape index (κ2) is 9.74. The van der Waals surface area contributed by atoms with Gasteiger partial charge in [0.2, 0.25) is 5.88 Å². The molecule has 0 atom stereocenters. The van der Waals surface area contributed by atoms with E-state index in [-0.39, 0.29) is 46.2 Å². The van der Waals surface area contributed by atoms with Crippen LogP contribution in [-0.4, -0.2) is 54.0 Å². The van der Waals surface area contributed by atoms with Gasteiger partial charge >= 0.3 is 6.18 Å². The number of pyridine rings is 1. The third-order valence-corrected chi connectivity index (χ3v) is 8.97. The Bertz CT molecular complexity index is 1560. The van der Waals surface area contributed by atoms with Gasteiger partial charge in [-0.2, -0.15) is 13.2 Å². The molecular formula is C28H32F3N5O4S. The minimum absolute atomic E-state index is 0.0160. The number of sulfonamides is 1. The van der Waals surface area contributed by atoms with Crippen LogP contribution in [0.25, 0.3) is 5.82 Å². The lowest BCUT2D eigenvalue weighted by atomic mass is 9.86. The normalized spacial score (nSPS) is 19.1. The average molecular weight is 592 g/mol. The van der Waals surface area contributed by atoms with Crippen LogP contribution in [0.4, 0.5) is 19.0 Å². The maximum atomic E-state index is 13.4. The third kappa shape index (κ3) is 5.77. The molecule has 41 heavy (non-hydrogen) atoms. The molecule has 13 heteroatoms. The van der Waals surface area contributed by atoms with Gasteiger partial charge in [-0.15, -0.1) is 5.10 Å². The molecule has 1 aromatic carbocycles. The summed E-state index contributed by atoms with van der Waals surface area (Å²) in [5.41, 5.74) is -2.30. The fraction of sp³-hybridized carbons (Fsp3) is 0.464. The summed E-state index contributed by atoms with van der Waals surface area (Å²) >= 11 is 0. The van der Waals surface area contributed by atoms with Crippen molar-refractivity contribution in [2.75, 3.05) is 18.1 Å². The predicted molar refractivity (Wildman–Crippen MR) is 145 cm³/mol. The number of anilines is 1. The molecule has 1 amide bonds. The molecule has 3 heterocycles. The smallest absolute Gasteiger partial charge is 0.397 e. The number of carbonyl (C=O) groups is 1. The fourth-order valence-corrected chi connectivity index (χ4v) is 6.48. The van der Waals surface area contributed by atoms with E-state index in [4.69, 9.17) is 9.72 Å². The highest BCUT2D eigenvalue weighted by Crippen LogP contribution is 2.57. The van der Waals surface area contributed by atoms with Gasteiger partial charge in [0.1, 0.15) is 17.8 Å². The third-order valence-electron chi connectivity index (χ3n) is 7.62. The van der Waals surface area contributed by atoms with E-state index in [0.717, 1.165) is 6.42 Å². The number of aromatic nitrogens is 3. The molecule has 3 aromatic rings. The lowest BCUT2D eigenvalue weighted by Gasteiger charge is -2.34. The topological polar surface area (TPSA) is 106 Å². The van der Waals surface area contributed by atoms with E-state index in [1.54, 1.807) is 18.2 Å². The Morgan fingerprint density at radius 3 is 2.32 bits per heavy atom. The quantitative estimate of drug-likeness (QED) is 0.388. The van der Waals surface area contributed by atoms with E-state index < -0.39 is 39.7 Å². The average Bonchev–Trinajstić information content (AvgIpc) is 3.48. The van der Waals surface area contributed by atoms with Gasteiger partial charge < -0.3 is 9.64 Å². The molecular weight excluding hydrogens is 559 g/mol. The molecule has 1 saturated heterocycles. The zero-order valence-corrected chi connectivity index (χ0v) is 24.0. The van der Waals surface area contributed by atoms with Crippen molar-refractivity contribution in [3.8, 4) is 11.7 Å². The summed E-state index contributed by atoms with van der Waals surface area (Å²) in [5.74, 6) is -0.266. The van der Waals surface area contributed by atoms with Gasteiger partial charge in [0.25, 0.3) is 15.9 Å². The Balaban J connectivity index is 1.46. The largest absolute Gasteiger partial charge is 0.476 e.